The molecule has 0 heterocycles. The Morgan fingerprint density at radius 2 is 1.90 bits per heavy atom. The van der Waals surface area contributed by atoms with Crippen molar-refractivity contribution in [1.82, 2.24) is 14.3 Å². The number of hydrogen-bond donors (Lipinski definition) is 2. The molecular formula is C14H24ClN3O2S. The Morgan fingerprint density at radius 3 is 2.48 bits per heavy atom. The Hall–Kier alpha value is -0.660. The summed E-state index contributed by atoms with van der Waals surface area (Å²) in [5.41, 5.74) is 0.879. The van der Waals surface area contributed by atoms with Crippen molar-refractivity contribution in [3.63, 3.8) is 0 Å². The molecule has 1 rings (SSSR count). The summed E-state index contributed by atoms with van der Waals surface area (Å²) in [5, 5.41) is 3.81. The van der Waals surface area contributed by atoms with E-state index in [1.54, 1.807) is 19.2 Å². The molecule has 0 amide bonds. The Morgan fingerprint density at radius 1 is 1.29 bits per heavy atom. The first-order valence-corrected chi connectivity index (χ1v) is 8.88. The second-order valence-electron chi connectivity index (χ2n) is 4.92. The lowest BCUT2D eigenvalue weighted by Gasteiger charge is -2.21. The normalized spacial score (nSPS) is 13.6. The first-order chi connectivity index (χ1) is 9.86. The summed E-state index contributed by atoms with van der Waals surface area (Å²) in [6.45, 7) is 6.02. The molecule has 0 saturated heterocycles. The summed E-state index contributed by atoms with van der Waals surface area (Å²) in [5.74, 6) is 0. The van der Waals surface area contributed by atoms with Gasteiger partial charge in [-0.1, -0.05) is 30.7 Å². The van der Waals surface area contributed by atoms with Crippen molar-refractivity contribution in [2.24, 2.45) is 0 Å². The third-order valence-corrected chi connectivity index (χ3v) is 5.09. The minimum atomic E-state index is -3.48. The van der Waals surface area contributed by atoms with Gasteiger partial charge in [0.1, 0.15) is 0 Å². The highest BCUT2D eigenvalue weighted by atomic mass is 35.5. The fraction of sp³-hybridized carbons (Fsp3) is 0.571. The van der Waals surface area contributed by atoms with Crippen molar-refractivity contribution >= 4 is 21.8 Å². The molecule has 0 aromatic heterocycles. The summed E-state index contributed by atoms with van der Waals surface area (Å²) >= 11 is 5.83. The monoisotopic (exact) mass is 333 g/mol. The van der Waals surface area contributed by atoms with Crippen LogP contribution in [-0.4, -0.2) is 39.4 Å². The summed E-state index contributed by atoms with van der Waals surface area (Å²) < 4.78 is 28.4. The number of nitrogens with zero attached hydrogens (tertiary/aromatic N) is 1. The average molecular weight is 334 g/mol. The summed E-state index contributed by atoms with van der Waals surface area (Å²) in [6, 6.07) is 6.84. The summed E-state index contributed by atoms with van der Waals surface area (Å²) in [6.07, 6.45) is 0.778. The zero-order valence-corrected chi connectivity index (χ0v) is 14.3. The lowest BCUT2D eigenvalue weighted by Crippen LogP contribution is -2.40. The quantitative estimate of drug-likeness (QED) is 0.681. The van der Waals surface area contributed by atoms with Crippen LogP contribution in [-0.2, 0) is 10.2 Å². The minimum absolute atomic E-state index is 0.302. The van der Waals surface area contributed by atoms with Gasteiger partial charge >= 0.3 is 0 Å². The fourth-order valence-electron chi connectivity index (χ4n) is 1.86. The third-order valence-electron chi connectivity index (χ3n) is 3.18. The Kier molecular flexibility index (Phi) is 7.62. The number of halogens is 1. The molecule has 0 aliphatic rings. The van der Waals surface area contributed by atoms with Crippen LogP contribution >= 0.6 is 11.6 Å². The van der Waals surface area contributed by atoms with Gasteiger partial charge < -0.3 is 5.32 Å². The van der Waals surface area contributed by atoms with Crippen molar-refractivity contribution in [1.29, 1.82) is 0 Å². The van der Waals surface area contributed by atoms with Gasteiger partial charge in [0, 0.05) is 24.7 Å². The summed E-state index contributed by atoms with van der Waals surface area (Å²) in [4.78, 5) is 0. The van der Waals surface area contributed by atoms with E-state index in [4.69, 9.17) is 11.6 Å². The zero-order valence-electron chi connectivity index (χ0n) is 12.8. The molecule has 0 aliphatic heterocycles. The first kappa shape index (κ1) is 18.4. The topological polar surface area (TPSA) is 61.4 Å². The van der Waals surface area contributed by atoms with E-state index in [1.807, 2.05) is 26.0 Å². The number of hydrogen-bond acceptors (Lipinski definition) is 3. The molecule has 0 aliphatic carbocycles. The maximum atomic E-state index is 12.2. The largest absolute Gasteiger partial charge is 0.317 e. The maximum Gasteiger partial charge on any atom is 0.279 e. The van der Waals surface area contributed by atoms with E-state index >= 15 is 0 Å². The maximum absolute atomic E-state index is 12.2. The number of rotatable bonds is 9. The highest BCUT2D eigenvalue weighted by molar-refractivity contribution is 7.87. The zero-order chi connectivity index (χ0) is 15.9. The molecule has 120 valence electrons. The minimum Gasteiger partial charge on any atom is -0.317 e. The number of benzene rings is 1. The van der Waals surface area contributed by atoms with Gasteiger partial charge in [0.15, 0.2) is 0 Å². The molecule has 7 heteroatoms. The van der Waals surface area contributed by atoms with Crippen molar-refractivity contribution < 1.29 is 8.42 Å². The van der Waals surface area contributed by atoms with Crippen LogP contribution < -0.4 is 10.0 Å². The van der Waals surface area contributed by atoms with Crippen LogP contribution in [0.15, 0.2) is 24.3 Å². The van der Waals surface area contributed by atoms with Crippen molar-refractivity contribution in [3.05, 3.63) is 34.9 Å². The van der Waals surface area contributed by atoms with Crippen LogP contribution in [0, 0.1) is 0 Å². The molecule has 1 atom stereocenters. The molecule has 0 fully saturated rings. The average Bonchev–Trinajstić information content (AvgIpc) is 2.43. The van der Waals surface area contributed by atoms with Crippen molar-refractivity contribution in [3.8, 4) is 0 Å². The van der Waals surface area contributed by atoms with E-state index in [9.17, 15) is 8.42 Å². The molecule has 0 spiro atoms. The highest BCUT2D eigenvalue weighted by Crippen LogP contribution is 2.17. The van der Waals surface area contributed by atoms with E-state index in [0.29, 0.717) is 11.6 Å². The third kappa shape index (κ3) is 6.32. The Labute approximate surface area is 132 Å². The van der Waals surface area contributed by atoms with E-state index < -0.39 is 10.2 Å². The molecule has 21 heavy (non-hydrogen) atoms. The lowest BCUT2D eigenvalue weighted by atomic mass is 10.1. The Balaban J connectivity index is 2.56. The molecule has 5 nitrogen and oxygen atoms in total. The predicted octanol–water partition coefficient (Wildman–Crippen LogP) is 2.17. The molecule has 1 unspecified atom stereocenters. The van der Waals surface area contributed by atoms with Crippen LogP contribution in [0.3, 0.4) is 0 Å². The second-order valence-corrected chi connectivity index (χ2v) is 7.17. The highest BCUT2D eigenvalue weighted by Gasteiger charge is 2.20. The SMILES string of the molecule is CCNCCCN(C)S(=O)(=O)NC(C)c1ccc(Cl)cc1. The van der Waals surface area contributed by atoms with Crippen LogP contribution in [0.4, 0.5) is 0 Å². The van der Waals surface area contributed by atoms with E-state index in [-0.39, 0.29) is 6.04 Å². The standard InChI is InChI=1S/C14H24ClN3O2S/c1-4-16-10-5-11-18(3)21(19,20)17-12(2)13-6-8-14(15)9-7-13/h6-9,12,16-17H,4-5,10-11H2,1-3H3. The van der Waals surface area contributed by atoms with Crippen LogP contribution in [0.2, 0.25) is 5.02 Å². The second kappa shape index (κ2) is 8.70. The van der Waals surface area contributed by atoms with E-state index in [2.05, 4.69) is 10.0 Å². The molecule has 2 N–H and O–H groups in total. The van der Waals surface area contributed by atoms with Gasteiger partial charge in [-0.05, 0) is 44.1 Å². The molecule has 0 bridgehead atoms. The lowest BCUT2D eigenvalue weighted by molar-refractivity contribution is 0.439. The van der Waals surface area contributed by atoms with Gasteiger partial charge in [-0.25, -0.2) is 0 Å². The predicted molar refractivity (Wildman–Crippen MR) is 87.7 cm³/mol. The van der Waals surface area contributed by atoms with Crippen LogP contribution in [0.25, 0.3) is 0 Å². The van der Waals surface area contributed by atoms with E-state index in [1.165, 1.54) is 4.31 Å². The van der Waals surface area contributed by atoms with Gasteiger partial charge in [0.05, 0.1) is 0 Å². The molecule has 0 saturated carbocycles. The van der Waals surface area contributed by atoms with Crippen LogP contribution in [0.1, 0.15) is 31.9 Å². The Bertz CT molecular complexity index is 520. The van der Waals surface area contributed by atoms with Crippen LogP contribution in [0.5, 0.6) is 0 Å². The van der Waals surface area contributed by atoms with Gasteiger partial charge in [-0.3, -0.25) is 0 Å². The smallest absolute Gasteiger partial charge is 0.279 e. The molecule has 0 radical (unpaired) electrons. The van der Waals surface area contributed by atoms with Gasteiger partial charge in [0.25, 0.3) is 10.2 Å². The van der Waals surface area contributed by atoms with Crippen molar-refractivity contribution in [2.75, 3.05) is 26.7 Å². The molecule has 1 aromatic rings. The van der Waals surface area contributed by atoms with Gasteiger partial charge in [-0.15, -0.1) is 0 Å². The van der Waals surface area contributed by atoms with Gasteiger partial charge in [-0.2, -0.15) is 17.4 Å². The first-order valence-electron chi connectivity index (χ1n) is 7.06. The molecular weight excluding hydrogens is 310 g/mol. The van der Waals surface area contributed by atoms with Crippen molar-refractivity contribution in [2.45, 2.75) is 26.3 Å². The molecule has 1 aromatic carbocycles. The summed E-state index contributed by atoms with van der Waals surface area (Å²) in [7, 11) is -1.90. The van der Waals surface area contributed by atoms with E-state index in [0.717, 1.165) is 25.1 Å². The number of nitrogens with one attached hydrogen (secondary N) is 2. The fourth-order valence-corrected chi connectivity index (χ4v) is 3.11. The van der Waals surface area contributed by atoms with Gasteiger partial charge in [0.2, 0.25) is 0 Å².